The van der Waals surface area contributed by atoms with Crippen LogP contribution in [0, 0.1) is 10.7 Å². The number of aliphatic hydroxyl groups excluding tert-OH is 1. The molecule has 1 unspecified atom stereocenters. The molecule has 2 rings (SSSR count). The van der Waals surface area contributed by atoms with E-state index in [2.05, 4.69) is 0 Å². The molecule has 0 spiro atoms. The number of rotatable bonds is 5. The van der Waals surface area contributed by atoms with Crippen molar-refractivity contribution in [2.45, 2.75) is 6.10 Å². The number of hydrogen-bond acceptors (Lipinski definition) is 4. The average molecular weight is 271 g/mol. The van der Waals surface area contributed by atoms with Gasteiger partial charge in [0.1, 0.15) is 16.9 Å². The molecule has 0 bridgehead atoms. The van der Waals surface area contributed by atoms with Crippen molar-refractivity contribution in [3.63, 3.8) is 0 Å². The van der Waals surface area contributed by atoms with Gasteiger partial charge in [-0.1, -0.05) is 30.3 Å². The minimum Gasteiger partial charge on any atom is -0.457 e. The van der Waals surface area contributed by atoms with E-state index in [1.165, 1.54) is 0 Å². The highest BCUT2D eigenvalue weighted by Crippen LogP contribution is 2.24. The van der Waals surface area contributed by atoms with Crippen LogP contribution in [0.5, 0.6) is 11.5 Å². The van der Waals surface area contributed by atoms with Crippen molar-refractivity contribution >= 4 is 11.8 Å². The molecule has 1 N–H and O–H groups in total. The molecule has 0 saturated heterocycles. The quantitative estimate of drug-likeness (QED) is 0.842. The van der Waals surface area contributed by atoms with E-state index in [-0.39, 0.29) is 0 Å². The van der Waals surface area contributed by atoms with Crippen molar-refractivity contribution in [3.8, 4) is 16.9 Å². The molecule has 0 aromatic heterocycles. The number of thioether (sulfide) groups is 1. The molecule has 0 aliphatic heterocycles. The van der Waals surface area contributed by atoms with Gasteiger partial charge in [0.25, 0.3) is 0 Å². The lowest BCUT2D eigenvalue weighted by Crippen LogP contribution is -1.99. The summed E-state index contributed by atoms with van der Waals surface area (Å²) in [6.45, 7) is 0. The molecular weight excluding hydrogens is 258 g/mol. The summed E-state index contributed by atoms with van der Waals surface area (Å²) in [7, 11) is 0. The Morgan fingerprint density at radius 2 is 1.68 bits per heavy atom. The first-order valence-corrected chi connectivity index (χ1v) is 6.80. The number of thiocyanates is 1. The van der Waals surface area contributed by atoms with Crippen LogP contribution < -0.4 is 4.74 Å². The number of aliphatic hydroxyl groups is 1. The highest BCUT2D eigenvalue weighted by molar-refractivity contribution is 8.03. The average Bonchev–Trinajstić information content (AvgIpc) is 2.46. The predicted molar refractivity (Wildman–Crippen MR) is 76.0 cm³/mol. The molecular formula is C15H13NO2S. The van der Waals surface area contributed by atoms with E-state index < -0.39 is 6.10 Å². The Balaban J connectivity index is 2.01. The molecule has 1 atom stereocenters. The summed E-state index contributed by atoms with van der Waals surface area (Å²) in [5.41, 5.74) is 0.781. The summed E-state index contributed by atoms with van der Waals surface area (Å²) in [6, 6.07) is 16.7. The minimum absolute atomic E-state index is 0.370. The Bertz CT molecular complexity index is 549. The molecule has 0 aliphatic carbocycles. The van der Waals surface area contributed by atoms with Crippen LogP contribution in [-0.4, -0.2) is 10.9 Å². The van der Waals surface area contributed by atoms with Gasteiger partial charge in [-0.2, -0.15) is 5.26 Å². The van der Waals surface area contributed by atoms with Crippen molar-refractivity contribution in [2.24, 2.45) is 0 Å². The third-order valence-electron chi connectivity index (χ3n) is 2.55. The number of benzene rings is 2. The van der Waals surface area contributed by atoms with Gasteiger partial charge in [0.2, 0.25) is 0 Å². The van der Waals surface area contributed by atoms with E-state index in [9.17, 15) is 5.11 Å². The molecule has 0 radical (unpaired) electrons. The molecule has 19 heavy (non-hydrogen) atoms. The van der Waals surface area contributed by atoms with Gasteiger partial charge < -0.3 is 9.84 Å². The smallest absolute Gasteiger partial charge is 0.133 e. The second kappa shape index (κ2) is 6.83. The van der Waals surface area contributed by atoms with E-state index >= 15 is 0 Å². The molecule has 0 amide bonds. The van der Waals surface area contributed by atoms with Crippen molar-refractivity contribution in [3.05, 3.63) is 60.2 Å². The highest BCUT2D eigenvalue weighted by atomic mass is 32.2. The van der Waals surface area contributed by atoms with E-state index in [0.29, 0.717) is 5.75 Å². The first kappa shape index (κ1) is 13.5. The van der Waals surface area contributed by atoms with E-state index in [0.717, 1.165) is 28.8 Å². The maximum Gasteiger partial charge on any atom is 0.133 e. The van der Waals surface area contributed by atoms with Gasteiger partial charge in [0.15, 0.2) is 0 Å². The highest BCUT2D eigenvalue weighted by Gasteiger charge is 2.07. The van der Waals surface area contributed by atoms with Crippen LogP contribution >= 0.6 is 11.8 Å². The zero-order valence-corrected chi connectivity index (χ0v) is 11.0. The number of nitriles is 1. The molecule has 96 valence electrons. The van der Waals surface area contributed by atoms with Crippen LogP contribution in [0.3, 0.4) is 0 Å². The van der Waals surface area contributed by atoms with Gasteiger partial charge in [-0.3, -0.25) is 0 Å². The first-order valence-electron chi connectivity index (χ1n) is 5.81. The fourth-order valence-corrected chi connectivity index (χ4v) is 2.02. The molecule has 0 aliphatic rings. The summed E-state index contributed by atoms with van der Waals surface area (Å²) < 4.78 is 5.66. The fourth-order valence-electron chi connectivity index (χ4n) is 1.60. The van der Waals surface area contributed by atoms with Crippen molar-refractivity contribution in [2.75, 3.05) is 5.75 Å². The Morgan fingerprint density at radius 1 is 1.05 bits per heavy atom. The topological polar surface area (TPSA) is 53.2 Å². The summed E-state index contributed by atoms with van der Waals surface area (Å²) in [6.07, 6.45) is -0.629. The van der Waals surface area contributed by atoms with Crippen molar-refractivity contribution in [1.82, 2.24) is 0 Å². The number of hydrogen-bond donors (Lipinski definition) is 1. The fraction of sp³-hybridized carbons (Fsp3) is 0.133. The van der Waals surface area contributed by atoms with Crippen LogP contribution in [0.4, 0.5) is 0 Å². The van der Waals surface area contributed by atoms with Gasteiger partial charge in [-0.25, -0.2) is 0 Å². The lowest BCUT2D eigenvalue weighted by Gasteiger charge is -2.10. The summed E-state index contributed by atoms with van der Waals surface area (Å²) in [5, 5.41) is 20.2. The van der Waals surface area contributed by atoms with E-state index in [4.69, 9.17) is 10.00 Å². The summed E-state index contributed by atoms with van der Waals surface area (Å²) in [5.74, 6) is 1.86. The molecule has 3 nitrogen and oxygen atoms in total. The lowest BCUT2D eigenvalue weighted by atomic mass is 10.1. The first-order chi connectivity index (χ1) is 9.29. The second-order valence-corrected chi connectivity index (χ2v) is 4.71. The molecule has 0 heterocycles. The van der Waals surface area contributed by atoms with Crippen LogP contribution in [0.1, 0.15) is 11.7 Å². The monoisotopic (exact) mass is 271 g/mol. The van der Waals surface area contributed by atoms with Crippen molar-refractivity contribution in [1.29, 1.82) is 5.26 Å². The summed E-state index contributed by atoms with van der Waals surface area (Å²) in [4.78, 5) is 0. The maximum absolute atomic E-state index is 9.82. The Morgan fingerprint density at radius 3 is 2.32 bits per heavy atom. The Kier molecular flexibility index (Phi) is 4.85. The third kappa shape index (κ3) is 4.02. The number of nitrogens with zero attached hydrogens (tertiary/aromatic N) is 1. The number of ether oxygens (including phenoxy) is 1. The molecule has 2 aromatic rings. The standard InChI is InChI=1S/C15H13NO2S/c16-11-19-10-15(17)12-6-8-14(9-7-12)18-13-4-2-1-3-5-13/h1-9,15,17H,10H2. The van der Waals surface area contributed by atoms with Gasteiger partial charge in [-0.15, -0.1) is 0 Å². The van der Waals surface area contributed by atoms with Gasteiger partial charge in [-0.05, 0) is 41.6 Å². The minimum atomic E-state index is -0.629. The van der Waals surface area contributed by atoms with Gasteiger partial charge in [0.05, 0.1) is 6.10 Å². The normalized spacial score (nSPS) is 11.6. The van der Waals surface area contributed by atoms with Crippen molar-refractivity contribution < 1.29 is 9.84 Å². The third-order valence-corrected chi connectivity index (χ3v) is 3.16. The van der Waals surface area contributed by atoms with Crippen LogP contribution in [0.2, 0.25) is 0 Å². The maximum atomic E-state index is 9.82. The van der Waals surface area contributed by atoms with Crippen LogP contribution in [0.15, 0.2) is 54.6 Å². The zero-order valence-electron chi connectivity index (χ0n) is 10.2. The second-order valence-electron chi connectivity index (χ2n) is 3.90. The molecule has 0 saturated carbocycles. The van der Waals surface area contributed by atoms with Gasteiger partial charge >= 0.3 is 0 Å². The van der Waals surface area contributed by atoms with Crippen LogP contribution in [0.25, 0.3) is 0 Å². The Hall–Kier alpha value is -1.96. The predicted octanol–water partition coefficient (Wildman–Crippen LogP) is 3.73. The van der Waals surface area contributed by atoms with Crippen LogP contribution in [-0.2, 0) is 0 Å². The summed E-state index contributed by atoms with van der Waals surface area (Å²) >= 11 is 1.04. The molecule has 0 fully saturated rings. The van der Waals surface area contributed by atoms with Gasteiger partial charge in [0, 0.05) is 5.75 Å². The van der Waals surface area contributed by atoms with E-state index in [1.54, 1.807) is 12.1 Å². The largest absolute Gasteiger partial charge is 0.457 e. The van der Waals surface area contributed by atoms with E-state index in [1.807, 2.05) is 47.9 Å². The Labute approximate surface area is 116 Å². The zero-order chi connectivity index (χ0) is 13.5. The molecule has 4 heteroatoms. The number of para-hydroxylation sites is 1. The SMILES string of the molecule is N#CSCC(O)c1ccc(Oc2ccccc2)cc1. The lowest BCUT2D eigenvalue weighted by molar-refractivity contribution is 0.204. The molecule has 2 aromatic carbocycles.